The summed E-state index contributed by atoms with van der Waals surface area (Å²) in [4.78, 5) is 9.30. The second kappa shape index (κ2) is 5.55. The van der Waals surface area contributed by atoms with Crippen molar-refractivity contribution < 1.29 is 0 Å². The molecular formula is C15H17IN4. The molecule has 1 saturated carbocycles. The van der Waals surface area contributed by atoms with E-state index in [9.17, 15) is 0 Å². The zero-order chi connectivity index (χ0) is 14.1. The first-order chi connectivity index (χ1) is 9.67. The summed E-state index contributed by atoms with van der Waals surface area (Å²) in [6.07, 6.45) is 2.41. The third-order valence-corrected chi connectivity index (χ3v) is 4.17. The lowest BCUT2D eigenvalue weighted by atomic mass is 10.2. The molecule has 0 atom stereocenters. The number of nitrogens with zero attached hydrogens (tertiary/aromatic N) is 2. The lowest BCUT2D eigenvalue weighted by Gasteiger charge is -2.13. The number of hydrogen-bond donors (Lipinski definition) is 2. The molecule has 20 heavy (non-hydrogen) atoms. The molecule has 5 heteroatoms. The first kappa shape index (κ1) is 13.6. The third kappa shape index (κ3) is 2.87. The van der Waals surface area contributed by atoms with Crippen LogP contribution in [-0.2, 0) is 0 Å². The highest BCUT2D eigenvalue weighted by Crippen LogP contribution is 2.39. The van der Waals surface area contributed by atoms with E-state index in [1.165, 1.54) is 16.4 Å². The van der Waals surface area contributed by atoms with Gasteiger partial charge in [-0.25, -0.2) is 9.97 Å². The summed E-state index contributed by atoms with van der Waals surface area (Å²) < 4.78 is 1.22. The fraction of sp³-hybridized carbons (Fsp3) is 0.333. The average Bonchev–Trinajstić information content (AvgIpc) is 3.28. The van der Waals surface area contributed by atoms with E-state index in [-0.39, 0.29) is 0 Å². The molecule has 0 bridgehead atoms. The van der Waals surface area contributed by atoms with Crippen molar-refractivity contribution in [2.24, 2.45) is 0 Å². The highest BCUT2D eigenvalue weighted by atomic mass is 127. The van der Waals surface area contributed by atoms with Gasteiger partial charge in [-0.1, -0.05) is 0 Å². The zero-order valence-electron chi connectivity index (χ0n) is 11.6. The minimum absolute atomic E-state index is 0.542. The number of rotatable bonds is 4. The molecule has 0 unspecified atom stereocenters. The first-order valence-electron chi connectivity index (χ1n) is 6.76. The van der Waals surface area contributed by atoms with Crippen LogP contribution in [0.1, 0.15) is 30.1 Å². The van der Waals surface area contributed by atoms with Crippen molar-refractivity contribution in [3.05, 3.63) is 39.2 Å². The summed E-state index contributed by atoms with van der Waals surface area (Å²) in [5, 5.41) is 6.56. The van der Waals surface area contributed by atoms with E-state index in [0.29, 0.717) is 5.92 Å². The molecule has 1 aromatic carbocycles. The monoisotopic (exact) mass is 380 g/mol. The molecule has 2 aromatic rings. The predicted octanol–water partition coefficient (Wildman–Crippen LogP) is 4.05. The van der Waals surface area contributed by atoms with Crippen LogP contribution in [0.3, 0.4) is 0 Å². The largest absolute Gasteiger partial charge is 0.373 e. The van der Waals surface area contributed by atoms with Gasteiger partial charge in [0.05, 0.1) is 0 Å². The van der Waals surface area contributed by atoms with Crippen LogP contribution in [0.5, 0.6) is 0 Å². The average molecular weight is 380 g/mol. The van der Waals surface area contributed by atoms with E-state index in [2.05, 4.69) is 62.5 Å². The number of halogens is 1. The second-order valence-electron chi connectivity index (χ2n) is 5.06. The minimum atomic E-state index is 0.542. The van der Waals surface area contributed by atoms with Gasteiger partial charge in [0.15, 0.2) is 0 Å². The van der Waals surface area contributed by atoms with E-state index in [4.69, 9.17) is 4.98 Å². The Kier molecular flexibility index (Phi) is 3.78. The molecule has 2 N–H and O–H groups in total. The van der Waals surface area contributed by atoms with Gasteiger partial charge in [-0.2, -0.15) is 0 Å². The van der Waals surface area contributed by atoms with Gasteiger partial charge in [0.25, 0.3) is 0 Å². The van der Waals surface area contributed by atoms with Crippen molar-refractivity contribution >= 4 is 39.9 Å². The number of nitrogens with one attached hydrogen (secondary N) is 2. The van der Waals surface area contributed by atoms with Crippen molar-refractivity contribution in [2.45, 2.75) is 25.7 Å². The fourth-order valence-electron chi connectivity index (χ4n) is 2.09. The molecule has 1 aromatic heterocycles. The Hall–Kier alpha value is -1.37. The van der Waals surface area contributed by atoms with E-state index in [1.807, 2.05) is 14.0 Å². The van der Waals surface area contributed by atoms with Gasteiger partial charge in [-0.15, -0.1) is 0 Å². The Morgan fingerprint density at radius 1 is 1.10 bits per heavy atom. The maximum Gasteiger partial charge on any atom is 0.139 e. The van der Waals surface area contributed by atoms with E-state index in [1.54, 1.807) is 0 Å². The zero-order valence-corrected chi connectivity index (χ0v) is 13.7. The Labute approximate surface area is 132 Å². The molecule has 0 amide bonds. The molecule has 3 rings (SSSR count). The molecule has 0 radical (unpaired) electrons. The van der Waals surface area contributed by atoms with Gasteiger partial charge in [0.2, 0.25) is 0 Å². The molecule has 1 aliphatic carbocycles. The molecular weight excluding hydrogens is 363 g/mol. The van der Waals surface area contributed by atoms with Crippen molar-refractivity contribution in [3.63, 3.8) is 0 Å². The molecule has 4 nitrogen and oxygen atoms in total. The van der Waals surface area contributed by atoms with E-state index >= 15 is 0 Å². The summed E-state index contributed by atoms with van der Waals surface area (Å²) >= 11 is 2.30. The lowest BCUT2D eigenvalue weighted by molar-refractivity contribution is 0.924. The Bertz CT molecular complexity index is 621. The highest BCUT2D eigenvalue weighted by molar-refractivity contribution is 14.1. The fourth-order valence-corrected chi connectivity index (χ4v) is 2.45. The van der Waals surface area contributed by atoms with Gasteiger partial charge in [0, 0.05) is 27.8 Å². The van der Waals surface area contributed by atoms with Crippen molar-refractivity contribution in [3.8, 4) is 0 Å². The van der Waals surface area contributed by atoms with Crippen LogP contribution < -0.4 is 10.6 Å². The van der Waals surface area contributed by atoms with Crippen LogP contribution >= 0.6 is 22.6 Å². The second-order valence-corrected chi connectivity index (χ2v) is 6.31. The Morgan fingerprint density at radius 3 is 2.35 bits per heavy atom. The molecule has 1 heterocycles. The summed E-state index contributed by atoms with van der Waals surface area (Å²) in [5.74, 6) is 3.30. The van der Waals surface area contributed by atoms with E-state index < -0.39 is 0 Å². The van der Waals surface area contributed by atoms with Gasteiger partial charge >= 0.3 is 0 Å². The topological polar surface area (TPSA) is 49.8 Å². The normalized spacial score (nSPS) is 14.2. The standard InChI is InChI=1S/C15H17IN4/c1-9-13(17-2)19-15(10-3-4-10)20-14(9)18-12-7-5-11(16)6-8-12/h5-8,10H,3-4H2,1-2H3,(H2,17,18,19,20). The van der Waals surface area contributed by atoms with Crippen molar-refractivity contribution in [1.29, 1.82) is 0 Å². The number of hydrogen-bond acceptors (Lipinski definition) is 4. The number of aromatic nitrogens is 2. The van der Waals surface area contributed by atoms with Gasteiger partial charge in [-0.3, -0.25) is 0 Å². The molecule has 0 saturated heterocycles. The van der Waals surface area contributed by atoms with Crippen LogP contribution in [0.2, 0.25) is 0 Å². The SMILES string of the molecule is CNc1nc(C2CC2)nc(Nc2ccc(I)cc2)c1C. The third-order valence-electron chi connectivity index (χ3n) is 3.45. The minimum Gasteiger partial charge on any atom is -0.373 e. The van der Waals surface area contributed by atoms with Crippen LogP contribution in [-0.4, -0.2) is 17.0 Å². The molecule has 1 fully saturated rings. The lowest BCUT2D eigenvalue weighted by Crippen LogP contribution is -2.06. The molecule has 0 aliphatic heterocycles. The number of benzene rings is 1. The maximum atomic E-state index is 4.70. The van der Waals surface area contributed by atoms with Crippen molar-refractivity contribution in [1.82, 2.24) is 9.97 Å². The van der Waals surface area contributed by atoms with Crippen LogP contribution in [0.4, 0.5) is 17.3 Å². The molecule has 1 aliphatic rings. The Balaban J connectivity index is 1.94. The quantitative estimate of drug-likeness (QED) is 0.786. The molecule has 0 spiro atoms. The first-order valence-corrected chi connectivity index (χ1v) is 7.84. The van der Waals surface area contributed by atoms with Crippen LogP contribution in [0.25, 0.3) is 0 Å². The van der Waals surface area contributed by atoms with E-state index in [0.717, 1.165) is 28.7 Å². The maximum absolute atomic E-state index is 4.70. The smallest absolute Gasteiger partial charge is 0.139 e. The van der Waals surface area contributed by atoms with Gasteiger partial charge in [-0.05, 0) is 66.6 Å². The number of anilines is 3. The van der Waals surface area contributed by atoms with Crippen LogP contribution in [0, 0.1) is 10.5 Å². The highest BCUT2D eigenvalue weighted by Gasteiger charge is 2.28. The summed E-state index contributed by atoms with van der Waals surface area (Å²) in [5.41, 5.74) is 2.10. The Morgan fingerprint density at radius 2 is 1.75 bits per heavy atom. The summed E-state index contributed by atoms with van der Waals surface area (Å²) in [6, 6.07) is 8.30. The van der Waals surface area contributed by atoms with Gasteiger partial charge < -0.3 is 10.6 Å². The predicted molar refractivity (Wildman–Crippen MR) is 90.7 cm³/mol. The van der Waals surface area contributed by atoms with Gasteiger partial charge in [0.1, 0.15) is 17.5 Å². The summed E-state index contributed by atoms with van der Waals surface area (Å²) in [7, 11) is 1.90. The summed E-state index contributed by atoms with van der Waals surface area (Å²) in [6.45, 7) is 2.04. The molecule has 104 valence electrons. The van der Waals surface area contributed by atoms with Crippen LogP contribution in [0.15, 0.2) is 24.3 Å². The van der Waals surface area contributed by atoms with Crippen molar-refractivity contribution in [2.75, 3.05) is 17.7 Å².